The number of rotatable bonds is 10. The van der Waals surface area contributed by atoms with Gasteiger partial charge in [-0.25, -0.2) is 17.9 Å². The number of nitrogens with zero attached hydrogens (tertiary/aromatic N) is 1. The molecule has 0 unspecified atom stereocenters. The summed E-state index contributed by atoms with van der Waals surface area (Å²) in [4.78, 5) is 28.6. The van der Waals surface area contributed by atoms with Gasteiger partial charge in [-0.2, -0.15) is 0 Å². The maximum absolute atomic E-state index is 13.5. The zero-order chi connectivity index (χ0) is 33.6. The first kappa shape index (κ1) is 31.5. The van der Waals surface area contributed by atoms with Gasteiger partial charge in [0.25, 0.3) is 10.0 Å². The highest BCUT2D eigenvalue weighted by molar-refractivity contribution is 7.90. The third-order valence-electron chi connectivity index (χ3n) is 9.15. The average molecular weight is 664 g/mol. The van der Waals surface area contributed by atoms with E-state index >= 15 is 0 Å². The highest BCUT2D eigenvalue weighted by atomic mass is 32.2. The van der Waals surface area contributed by atoms with E-state index in [2.05, 4.69) is 33.3 Å². The van der Waals surface area contributed by atoms with Gasteiger partial charge in [0.05, 0.1) is 24.7 Å². The zero-order valence-electron chi connectivity index (χ0n) is 27.1. The normalized spacial score (nSPS) is 16.3. The Morgan fingerprint density at radius 3 is 2.42 bits per heavy atom. The van der Waals surface area contributed by atoms with Crippen LogP contribution in [-0.2, 0) is 21.2 Å². The summed E-state index contributed by atoms with van der Waals surface area (Å²) in [5.74, 6) is 0.919. The number of anilines is 1. The number of ketones is 1. The fraction of sp³-hybridized carbons (Fsp3) is 0.263. The molecule has 7 rings (SSSR count). The summed E-state index contributed by atoms with van der Waals surface area (Å²) in [6, 6.07) is 23.3. The van der Waals surface area contributed by atoms with Crippen LogP contribution >= 0.6 is 0 Å². The third-order valence-corrected chi connectivity index (χ3v) is 10.5. The minimum atomic E-state index is -4.05. The largest absolute Gasteiger partial charge is 0.493 e. The second kappa shape index (κ2) is 12.2. The molecular formula is C38H37N3O6S. The number of Topliss-reactive ketones (excluding diaryl/α,β-unsaturated/α-hetero) is 1. The highest BCUT2D eigenvalue weighted by Crippen LogP contribution is 2.46. The maximum atomic E-state index is 13.5. The molecule has 2 N–H and O–H groups in total. The summed E-state index contributed by atoms with van der Waals surface area (Å²) < 4.78 is 40.1. The number of carbonyl (C=O) groups excluding carboxylic acids is 2. The lowest BCUT2D eigenvalue weighted by Gasteiger charge is -2.23. The van der Waals surface area contributed by atoms with Crippen LogP contribution in [0, 0.1) is 6.92 Å². The van der Waals surface area contributed by atoms with Gasteiger partial charge in [0.15, 0.2) is 5.76 Å². The van der Waals surface area contributed by atoms with Crippen LogP contribution in [0.25, 0.3) is 16.3 Å². The molecule has 0 saturated heterocycles. The minimum absolute atomic E-state index is 0.0373. The second-order valence-electron chi connectivity index (χ2n) is 12.5. The van der Waals surface area contributed by atoms with Gasteiger partial charge in [0, 0.05) is 39.7 Å². The van der Waals surface area contributed by atoms with Crippen molar-refractivity contribution in [2.75, 3.05) is 24.7 Å². The molecule has 9 nitrogen and oxygen atoms in total. The Balaban J connectivity index is 1.08. The molecule has 1 saturated carbocycles. The van der Waals surface area contributed by atoms with Gasteiger partial charge < -0.3 is 19.7 Å². The molecule has 1 fully saturated rings. The molecule has 0 radical (unpaired) electrons. The number of fused-ring (bicyclic) bond motifs is 4. The number of urea groups is 1. The van der Waals surface area contributed by atoms with E-state index < -0.39 is 21.6 Å². The molecule has 2 amide bonds. The number of hydrogen-bond acceptors (Lipinski definition) is 7. The summed E-state index contributed by atoms with van der Waals surface area (Å²) in [6.45, 7) is 7.19. The zero-order valence-corrected chi connectivity index (χ0v) is 27.9. The van der Waals surface area contributed by atoms with Crippen molar-refractivity contribution in [2.24, 2.45) is 0 Å². The van der Waals surface area contributed by atoms with Crippen molar-refractivity contribution in [1.82, 2.24) is 10.0 Å². The Hall–Kier alpha value is -5.09. The third kappa shape index (κ3) is 5.81. The molecule has 2 aliphatic carbocycles. The number of carbonyl (C=O) groups is 2. The van der Waals surface area contributed by atoms with E-state index in [1.807, 2.05) is 69.3 Å². The van der Waals surface area contributed by atoms with Crippen molar-refractivity contribution >= 4 is 43.9 Å². The molecule has 0 spiro atoms. The molecule has 0 atom stereocenters. The van der Waals surface area contributed by atoms with E-state index in [9.17, 15) is 18.0 Å². The summed E-state index contributed by atoms with van der Waals surface area (Å²) in [7, 11) is -4.05. The van der Waals surface area contributed by atoms with Gasteiger partial charge in [0.2, 0.25) is 5.78 Å². The molecular weight excluding hydrogens is 627 g/mol. The quantitative estimate of drug-likeness (QED) is 0.195. The molecule has 10 heteroatoms. The van der Waals surface area contributed by atoms with E-state index in [0.29, 0.717) is 43.3 Å². The number of benzene rings is 4. The monoisotopic (exact) mass is 663 g/mol. The summed E-state index contributed by atoms with van der Waals surface area (Å²) in [6.07, 6.45) is 4.13. The van der Waals surface area contributed by atoms with Crippen LogP contribution in [0.1, 0.15) is 53.7 Å². The fourth-order valence-electron chi connectivity index (χ4n) is 6.75. The lowest BCUT2D eigenvalue weighted by Crippen LogP contribution is -2.46. The molecule has 0 bridgehead atoms. The minimum Gasteiger partial charge on any atom is -0.493 e. The number of amides is 2. The van der Waals surface area contributed by atoms with Crippen LogP contribution < -0.4 is 19.7 Å². The van der Waals surface area contributed by atoms with Crippen molar-refractivity contribution in [3.05, 3.63) is 119 Å². The predicted octanol–water partition coefficient (Wildman–Crippen LogP) is 6.66. The smallest absolute Gasteiger partial charge is 0.329 e. The Morgan fingerprint density at radius 2 is 1.69 bits per heavy atom. The molecule has 3 aliphatic rings. The van der Waals surface area contributed by atoms with E-state index in [1.54, 1.807) is 12.1 Å². The topological polar surface area (TPSA) is 114 Å². The number of aryl methyl sites for hydroxylation is 1. The van der Waals surface area contributed by atoms with Crippen molar-refractivity contribution in [1.29, 1.82) is 0 Å². The van der Waals surface area contributed by atoms with Crippen LogP contribution in [0.15, 0.2) is 101 Å². The van der Waals surface area contributed by atoms with Crippen molar-refractivity contribution in [3.8, 4) is 5.75 Å². The average Bonchev–Trinajstić information content (AvgIpc) is 3.66. The SMILES string of the molecule is CCOC1=C2CN(c3ccc(CC4(NC(=O)NS(=O)(=O)c5ccc6ccccc6c5)CC4)cc3C)C=C2c2c(OCC)cccc2C1=O. The number of nitrogens with one attached hydrogen (secondary N) is 2. The Labute approximate surface area is 280 Å². The number of ether oxygens (including phenoxy) is 2. The Kier molecular flexibility index (Phi) is 7.99. The van der Waals surface area contributed by atoms with Gasteiger partial charge in [-0.1, -0.05) is 54.6 Å². The number of hydrogen-bond donors (Lipinski definition) is 2. The molecule has 48 heavy (non-hydrogen) atoms. The van der Waals surface area contributed by atoms with E-state index in [1.165, 1.54) is 6.07 Å². The van der Waals surface area contributed by atoms with Crippen LogP contribution in [0.2, 0.25) is 0 Å². The molecule has 4 aromatic carbocycles. The Morgan fingerprint density at radius 1 is 0.917 bits per heavy atom. The first-order chi connectivity index (χ1) is 23.1. The summed E-state index contributed by atoms with van der Waals surface area (Å²) in [5.41, 5.74) is 5.67. The lowest BCUT2D eigenvalue weighted by atomic mass is 9.85. The van der Waals surface area contributed by atoms with E-state index in [-0.39, 0.29) is 10.7 Å². The van der Waals surface area contributed by atoms with Gasteiger partial charge in [-0.15, -0.1) is 0 Å². The van der Waals surface area contributed by atoms with Crippen LogP contribution in [0.3, 0.4) is 0 Å². The molecule has 1 aliphatic heterocycles. The van der Waals surface area contributed by atoms with Crippen molar-refractivity contribution < 1.29 is 27.5 Å². The van der Waals surface area contributed by atoms with Gasteiger partial charge in [0.1, 0.15) is 5.75 Å². The fourth-order valence-corrected chi connectivity index (χ4v) is 7.69. The summed E-state index contributed by atoms with van der Waals surface area (Å²) in [5, 5.41) is 4.63. The van der Waals surface area contributed by atoms with Crippen molar-refractivity contribution in [3.63, 3.8) is 0 Å². The Bertz CT molecular complexity index is 2150. The van der Waals surface area contributed by atoms with Gasteiger partial charge >= 0.3 is 6.03 Å². The first-order valence-corrected chi connectivity index (χ1v) is 17.7. The van der Waals surface area contributed by atoms with E-state index in [4.69, 9.17) is 9.47 Å². The molecule has 4 aromatic rings. The second-order valence-corrected chi connectivity index (χ2v) is 14.2. The summed E-state index contributed by atoms with van der Waals surface area (Å²) >= 11 is 0. The highest BCUT2D eigenvalue weighted by Gasteiger charge is 2.44. The van der Waals surface area contributed by atoms with E-state index in [0.717, 1.165) is 57.1 Å². The van der Waals surface area contributed by atoms with Gasteiger partial charge in [-0.3, -0.25) is 4.79 Å². The lowest BCUT2D eigenvalue weighted by molar-refractivity contribution is 0.0920. The van der Waals surface area contributed by atoms with Crippen molar-refractivity contribution in [2.45, 2.75) is 50.5 Å². The van der Waals surface area contributed by atoms with Crippen LogP contribution in [-0.4, -0.2) is 45.5 Å². The van der Waals surface area contributed by atoms with Gasteiger partial charge in [-0.05, 0) is 86.2 Å². The maximum Gasteiger partial charge on any atom is 0.329 e. The first-order valence-electron chi connectivity index (χ1n) is 16.2. The standard InChI is InChI=1S/C38H37N3O6S/c1-4-46-33-12-8-11-29-34(33)30-22-41(23-31(30)36(35(29)42)47-5-2)32-16-13-25(19-24(32)3)21-38(17-18-38)39-37(43)40-48(44,45)28-15-14-26-9-6-7-10-27(26)20-28/h6-16,19-20,22H,4-5,17-18,21,23H2,1-3H3,(H2,39,40,43). The number of allylic oxidation sites excluding steroid dienone is 1. The number of sulfonamides is 1. The molecule has 246 valence electrons. The van der Waals surface area contributed by atoms with Crippen LogP contribution in [0.5, 0.6) is 5.75 Å². The van der Waals surface area contributed by atoms with Crippen LogP contribution in [0.4, 0.5) is 10.5 Å². The predicted molar refractivity (Wildman–Crippen MR) is 186 cm³/mol. The molecule has 0 aromatic heterocycles. The molecule has 1 heterocycles.